The van der Waals surface area contributed by atoms with Crippen molar-refractivity contribution in [2.75, 3.05) is 0 Å². The third kappa shape index (κ3) is 3.03. The van der Waals surface area contributed by atoms with Crippen LogP contribution in [0.3, 0.4) is 0 Å². The van der Waals surface area contributed by atoms with Crippen LogP contribution in [-0.4, -0.2) is 10.1 Å². The van der Waals surface area contributed by atoms with Crippen LogP contribution in [0.2, 0.25) is 0 Å². The summed E-state index contributed by atoms with van der Waals surface area (Å²) in [6.07, 6.45) is 2.39. The normalized spacial score (nSPS) is 14.9. The van der Waals surface area contributed by atoms with Crippen molar-refractivity contribution in [1.29, 1.82) is 0 Å². The Hall–Kier alpha value is -2.45. The van der Waals surface area contributed by atoms with E-state index in [1.165, 1.54) is 0 Å². The molecular weight excluding hydrogens is 282 g/mol. The standard InChI is InChI=1S/C21H21NO/c1-2-21(23,18-13-7-4-8-14-18)20(17-11-5-3-6-12-17)19-15-9-10-16-22-19/h3-16,20,23H,2H2,1H3/t20-,21-/m1/s1. The quantitative estimate of drug-likeness (QED) is 0.752. The van der Waals surface area contributed by atoms with Crippen LogP contribution >= 0.6 is 0 Å². The summed E-state index contributed by atoms with van der Waals surface area (Å²) in [6, 6.07) is 25.9. The van der Waals surface area contributed by atoms with E-state index in [0.29, 0.717) is 6.42 Å². The highest BCUT2D eigenvalue weighted by Gasteiger charge is 2.39. The largest absolute Gasteiger partial charge is 0.384 e. The van der Waals surface area contributed by atoms with Gasteiger partial charge >= 0.3 is 0 Å². The number of nitrogens with zero attached hydrogens (tertiary/aromatic N) is 1. The second kappa shape index (κ2) is 6.76. The molecule has 2 nitrogen and oxygen atoms in total. The van der Waals surface area contributed by atoms with Crippen LogP contribution in [0, 0.1) is 0 Å². The van der Waals surface area contributed by atoms with Gasteiger partial charge in [0.1, 0.15) is 5.60 Å². The summed E-state index contributed by atoms with van der Waals surface area (Å²) in [6.45, 7) is 2.02. The number of aromatic nitrogens is 1. The SMILES string of the molecule is CC[C@@](O)(c1ccccc1)[C@H](c1ccccc1)c1ccccn1. The van der Waals surface area contributed by atoms with E-state index in [9.17, 15) is 5.11 Å². The van der Waals surface area contributed by atoms with Gasteiger partial charge in [-0.25, -0.2) is 0 Å². The molecule has 1 aromatic heterocycles. The van der Waals surface area contributed by atoms with E-state index in [-0.39, 0.29) is 5.92 Å². The van der Waals surface area contributed by atoms with E-state index in [1.807, 2.05) is 73.7 Å². The fourth-order valence-corrected chi connectivity index (χ4v) is 3.19. The highest BCUT2D eigenvalue weighted by molar-refractivity contribution is 5.37. The predicted molar refractivity (Wildman–Crippen MR) is 93.2 cm³/mol. The zero-order valence-electron chi connectivity index (χ0n) is 13.3. The van der Waals surface area contributed by atoms with Gasteiger partial charge in [-0.15, -0.1) is 0 Å². The summed E-state index contributed by atoms with van der Waals surface area (Å²) in [5.74, 6) is -0.211. The zero-order valence-corrected chi connectivity index (χ0v) is 13.3. The molecule has 0 unspecified atom stereocenters. The number of benzene rings is 2. The monoisotopic (exact) mass is 303 g/mol. The molecule has 0 amide bonds. The lowest BCUT2D eigenvalue weighted by molar-refractivity contribution is 0.0139. The number of rotatable bonds is 5. The first-order chi connectivity index (χ1) is 11.3. The van der Waals surface area contributed by atoms with Crippen molar-refractivity contribution in [1.82, 2.24) is 4.98 Å². The molecule has 3 rings (SSSR count). The van der Waals surface area contributed by atoms with Crippen molar-refractivity contribution in [3.63, 3.8) is 0 Å². The van der Waals surface area contributed by atoms with Gasteiger partial charge in [0.25, 0.3) is 0 Å². The molecule has 0 aliphatic heterocycles. The lowest BCUT2D eigenvalue weighted by atomic mass is 9.74. The Morgan fingerprint density at radius 3 is 2.04 bits per heavy atom. The van der Waals surface area contributed by atoms with Crippen LogP contribution in [0.4, 0.5) is 0 Å². The molecule has 0 saturated carbocycles. The molecule has 0 aliphatic carbocycles. The molecule has 0 radical (unpaired) electrons. The van der Waals surface area contributed by atoms with E-state index in [0.717, 1.165) is 16.8 Å². The first-order valence-corrected chi connectivity index (χ1v) is 7.99. The Bertz CT molecular complexity index is 688. The summed E-state index contributed by atoms with van der Waals surface area (Å²) < 4.78 is 0. The number of hydrogen-bond donors (Lipinski definition) is 1. The van der Waals surface area contributed by atoms with Gasteiger partial charge in [-0.05, 0) is 29.7 Å². The fourth-order valence-electron chi connectivity index (χ4n) is 3.19. The topological polar surface area (TPSA) is 33.1 Å². The van der Waals surface area contributed by atoms with Crippen LogP contribution in [0.5, 0.6) is 0 Å². The maximum absolute atomic E-state index is 11.6. The van der Waals surface area contributed by atoms with E-state index in [2.05, 4.69) is 17.1 Å². The summed E-state index contributed by atoms with van der Waals surface area (Å²) >= 11 is 0. The summed E-state index contributed by atoms with van der Waals surface area (Å²) in [4.78, 5) is 4.54. The average molecular weight is 303 g/mol. The van der Waals surface area contributed by atoms with E-state index in [4.69, 9.17) is 0 Å². The van der Waals surface area contributed by atoms with E-state index >= 15 is 0 Å². The molecule has 1 N–H and O–H groups in total. The Morgan fingerprint density at radius 2 is 1.48 bits per heavy atom. The van der Waals surface area contributed by atoms with Gasteiger partial charge < -0.3 is 5.11 Å². The van der Waals surface area contributed by atoms with Gasteiger partial charge in [-0.1, -0.05) is 73.7 Å². The Kier molecular flexibility index (Phi) is 4.54. The van der Waals surface area contributed by atoms with Crippen LogP contribution in [0.1, 0.15) is 36.1 Å². The lowest BCUT2D eigenvalue weighted by Crippen LogP contribution is -2.34. The third-order valence-corrected chi connectivity index (χ3v) is 4.41. The second-order valence-corrected chi connectivity index (χ2v) is 5.74. The maximum atomic E-state index is 11.6. The molecule has 2 aromatic carbocycles. The highest BCUT2D eigenvalue weighted by atomic mass is 16.3. The first-order valence-electron chi connectivity index (χ1n) is 7.99. The van der Waals surface area contributed by atoms with Crippen molar-refractivity contribution in [2.24, 2.45) is 0 Å². The lowest BCUT2D eigenvalue weighted by Gasteiger charge is -2.36. The Morgan fingerprint density at radius 1 is 0.870 bits per heavy atom. The molecule has 3 aromatic rings. The molecule has 0 fully saturated rings. The summed E-state index contributed by atoms with van der Waals surface area (Å²) in [7, 11) is 0. The maximum Gasteiger partial charge on any atom is 0.102 e. The van der Waals surface area contributed by atoms with Crippen LogP contribution < -0.4 is 0 Å². The molecule has 2 heteroatoms. The van der Waals surface area contributed by atoms with Gasteiger partial charge in [0.05, 0.1) is 11.6 Å². The molecular formula is C21H21NO. The second-order valence-electron chi connectivity index (χ2n) is 5.74. The van der Waals surface area contributed by atoms with E-state index in [1.54, 1.807) is 6.20 Å². The third-order valence-electron chi connectivity index (χ3n) is 4.41. The van der Waals surface area contributed by atoms with Gasteiger partial charge in [-0.2, -0.15) is 0 Å². The predicted octanol–water partition coefficient (Wildman–Crippen LogP) is 4.51. The van der Waals surface area contributed by atoms with Gasteiger partial charge in [0, 0.05) is 6.20 Å². The van der Waals surface area contributed by atoms with Gasteiger partial charge in [0.2, 0.25) is 0 Å². The highest BCUT2D eigenvalue weighted by Crippen LogP contribution is 2.43. The molecule has 0 spiro atoms. The molecule has 1 heterocycles. The molecule has 23 heavy (non-hydrogen) atoms. The zero-order chi connectivity index (χ0) is 16.1. The van der Waals surface area contributed by atoms with Crippen molar-refractivity contribution >= 4 is 0 Å². The van der Waals surface area contributed by atoms with Gasteiger partial charge in [0.15, 0.2) is 0 Å². The average Bonchev–Trinajstić information content (AvgIpc) is 2.64. The molecule has 0 saturated heterocycles. The Balaban J connectivity index is 2.18. The summed E-state index contributed by atoms with van der Waals surface area (Å²) in [5, 5.41) is 11.6. The van der Waals surface area contributed by atoms with Crippen LogP contribution in [-0.2, 0) is 5.60 Å². The smallest absolute Gasteiger partial charge is 0.102 e. The minimum atomic E-state index is -1.00. The molecule has 116 valence electrons. The van der Waals surface area contributed by atoms with Crippen LogP contribution in [0.25, 0.3) is 0 Å². The van der Waals surface area contributed by atoms with Crippen molar-refractivity contribution in [3.05, 3.63) is 102 Å². The van der Waals surface area contributed by atoms with E-state index < -0.39 is 5.60 Å². The number of hydrogen-bond acceptors (Lipinski definition) is 2. The number of aliphatic hydroxyl groups is 1. The van der Waals surface area contributed by atoms with Crippen molar-refractivity contribution in [3.8, 4) is 0 Å². The van der Waals surface area contributed by atoms with Crippen molar-refractivity contribution < 1.29 is 5.11 Å². The summed E-state index contributed by atoms with van der Waals surface area (Å²) in [5.41, 5.74) is 1.87. The number of pyridine rings is 1. The molecule has 0 bridgehead atoms. The van der Waals surface area contributed by atoms with Crippen molar-refractivity contribution in [2.45, 2.75) is 24.9 Å². The molecule has 0 aliphatic rings. The minimum absolute atomic E-state index is 0.211. The van der Waals surface area contributed by atoms with Gasteiger partial charge in [-0.3, -0.25) is 4.98 Å². The Labute approximate surface area is 137 Å². The molecule has 2 atom stereocenters. The first kappa shape index (κ1) is 15.4. The minimum Gasteiger partial charge on any atom is -0.384 e. The van der Waals surface area contributed by atoms with Crippen LogP contribution in [0.15, 0.2) is 85.1 Å². The fraction of sp³-hybridized carbons (Fsp3) is 0.190.